The molecule has 3 aromatic heterocycles. The van der Waals surface area contributed by atoms with Crippen LogP contribution in [0.15, 0.2) is 59.8 Å². The normalized spacial score (nSPS) is 19.0. The maximum atomic E-state index is 13.1. The monoisotopic (exact) mass is 478 g/mol. The van der Waals surface area contributed by atoms with Gasteiger partial charge in [-0.05, 0) is 45.0 Å². The van der Waals surface area contributed by atoms with E-state index in [0.29, 0.717) is 18.9 Å². The van der Waals surface area contributed by atoms with Gasteiger partial charge < -0.3 is 24.9 Å². The quantitative estimate of drug-likeness (QED) is 0.415. The number of aromatic nitrogens is 5. The molecule has 1 amide bonds. The Morgan fingerprint density at radius 1 is 1.34 bits per heavy atom. The summed E-state index contributed by atoms with van der Waals surface area (Å²) >= 11 is 0. The zero-order valence-electron chi connectivity index (χ0n) is 19.6. The Bertz CT molecular complexity index is 1450. The van der Waals surface area contributed by atoms with E-state index in [1.165, 1.54) is 19.2 Å². The van der Waals surface area contributed by atoms with Gasteiger partial charge in [-0.2, -0.15) is 10.2 Å². The smallest absolute Gasteiger partial charge is 0.271 e. The van der Waals surface area contributed by atoms with E-state index in [-0.39, 0.29) is 17.5 Å². The molecule has 1 aliphatic heterocycles. The average Bonchev–Trinajstić information content (AvgIpc) is 3.54. The number of ether oxygens (including phenoxy) is 3. The Morgan fingerprint density at radius 3 is 2.89 bits per heavy atom. The van der Waals surface area contributed by atoms with Crippen molar-refractivity contribution in [1.29, 1.82) is 0 Å². The second kappa shape index (κ2) is 8.36. The summed E-state index contributed by atoms with van der Waals surface area (Å²) in [5, 5.41) is 9.58. The summed E-state index contributed by atoms with van der Waals surface area (Å²) in [7, 11) is 0. The van der Waals surface area contributed by atoms with E-state index < -0.39 is 22.8 Å². The molecule has 11 nitrogen and oxygen atoms in total. The van der Waals surface area contributed by atoms with E-state index in [9.17, 15) is 9.59 Å². The third-order valence-corrected chi connectivity index (χ3v) is 6.06. The van der Waals surface area contributed by atoms with Crippen molar-refractivity contribution in [3.8, 4) is 11.5 Å². The lowest BCUT2D eigenvalue weighted by atomic mass is 9.97. The Morgan fingerprint density at radius 2 is 2.17 bits per heavy atom. The number of nitrogens with one attached hydrogen (secondary N) is 1. The molecule has 1 aliphatic rings. The lowest BCUT2D eigenvalue weighted by molar-refractivity contribution is -0.139. The molecule has 182 valence electrons. The summed E-state index contributed by atoms with van der Waals surface area (Å²) in [6.07, 6.45) is 4.68. The molecular formula is C24H26N6O5. The highest BCUT2D eigenvalue weighted by molar-refractivity contribution is 5.86. The van der Waals surface area contributed by atoms with Crippen molar-refractivity contribution in [2.24, 2.45) is 5.73 Å². The summed E-state index contributed by atoms with van der Waals surface area (Å²) in [5.41, 5.74) is 4.76. The van der Waals surface area contributed by atoms with Crippen LogP contribution in [-0.4, -0.2) is 49.0 Å². The first-order valence-electron chi connectivity index (χ1n) is 11.2. The number of primary amides is 1. The fourth-order valence-corrected chi connectivity index (χ4v) is 4.18. The van der Waals surface area contributed by atoms with Crippen LogP contribution in [0.3, 0.4) is 0 Å². The van der Waals surface area contributed by atoms with Crippen LogP contribution in [0.1, 0.15) is 26.5 Å². The van der Waals surface area contributed by atoms with Gasteiger partial charge in [0, 0.05) is 29.4 Å². The van der Waals surface area contributed by atoms with Gasteiger partial charge in [-0.15, -0.1) is 0 Å². The van der Waals surface area contributed by atoms with Gasteiger partial charge >= 0.3 is 0 Å². The van der Waals surface area contributed by atoms with Gasteiger partial charge in [0.05, 0.1) is 25.0 Å². The first-order valence-corrected chi connectivity index (χ1v) is 11.2. The van der Waals surface area contributed by atoms with Crippen LogP contribution in [0.25, 0.3) is 10.9 Å². The standard InChI is InChI=1S/C24H26N6O5/c1-23(2)33-14-16(35-23)13-29-10-8-20(28-29)24(3,22(25)32)30-21(31)11-15(12-27-30)34-19-6-4-5-18-17(19)7-9-26-18/h4-12,16,26H,13-14H2,1-3H3,(H2,25,32)/t16-,24?/m1/s1. The molecule has 1 saturated heterocycles. The number of aromatic amines is 1. The predicted molar refractivity (Wildman–Crippen MR) is 126 cm³/mol. The number of benzene rings is 1. The number of carbonyl (C=O) groups excluding carboxylic acids is 1. The number of carbonyl (C=O) groups is 1. The van der Waals surface area contributed by atoms with Gasteiger partial charge in [0.15, 0.2) is 17.1 Å². The number of hydrogen-bond acceptors (Lipinski definition) is 7. The van der Waals surface area contributed by atoms with Gasteiger partial charge in [0.25, 0.3) is 11.5 Å². The van der Waals surface area contributed by atoms with Gasteiger partial charge in [-0.3, -0.25) is 14.3 Å². The number of amides is 1. The Kier molecular flexibility index (Phi) is 5.45. The topological polar surface area (TPSA) is 139 Å². The van der Waals surface area contributed by atoms with Crippen molar-refractivity contribution < 1.29 is 19.0 Å². The second-order valence-corrected chi connectivity index (χ2v) is 9.05. The number of fused-ring (bicyclic) bond motifs is 1. The molecule has 0 aliphatic carbocycles. The van der Waals surface area contributed by atoms with Gasteiger partial charge in [0.2, 0.25) is 0 Å². The third-order valence-electron chi connectivity index (χ3n) is 6.06. The van der Waals surface area contributed by atoms with E-state index in [1.54, 1.807) is 29.2 Å². The zero-order valence-corrected chi connectivity index (χ0v) is 19.6. The van der Waals surface area contributed by atoms with Crippen LogP contribution >= 0.6 is 0 Å². The number of nitrogens with two attached hydrogens (primary N) is 1. The Balaban J connectivity index is 1.42. The summed E-state index contributed by atoms with van der Waals surface area (Å²) in [4.78, 5) is 28.8. The summed E-state index contributed by atoms with van der Waals surface area (Å²) in [5.74, 6) is -0.626. The highest BCUT2D eigenvalue weighted by atomic mass is 16.7. The van der Waals surface area contributed by atoms with Crippen LogP contribution in [0, 0.1) is 0 Å². The van der Waals surface area contributed by atoms with Crippen LogP contribution in [-0.2, 0) is 26.4 Å². The molecule has 1 fully saturated rings. The van der Waals surface area contributed by atoms with Crippen LogP contribution in [0.5, 0.6) is 11.5 Å². The Labute approximate surface area is 200 Å². The van der Waals surface area contributed by atoms with Crippen LogP contribution < -0.4 is 16.0 Å². The molecule has 1 unspecified atom stereocenters. The molecular weight excluding hydrogens is 452 g/mol. The minimum atomic E-state index is -1.62. The fourth-order valence-electron chi connectivity index (χ4n) is 4.18. The number of H-pyrrole nitrogens is 1. The molecule has 4 aromatic rings. The third kappa shape index (κ3) is 4.19. The molecule has 1 aromatic carbocycles. The minimum Gasteiger partial charge on any atom is -0.455 e. The van der Waals surface area contributed by atoms with Crippen LogP contribution in [0.4, 0.5) is 0 Å². The summed E-state index contributed by atoms with van der Waals surface area (Å²) in [6, 6.07) is 10.3. The molecule has 2 atom stereocenters. The van der Waals surface area contributed by atoms with Crippen molar-refractivity contribution in [3.63, 3.8) is 0 Å². The number of rotatable bonds is 7. The molecule has 3 N–H and O–H groups in total. The summed E-state index contributed by atoms with van der Waals surface area (Å²) in [6.45, 7) is 6.04. The number of nitrogens with zero attached hydrogens (tertiary/aromatic N) is 4. The van der Waals surface area contributed by atoms with E-state index in [4.69, 9.17) is 19.9 Å². The number of hydrogen-bond donors (Lipinski definition) is 2. The molecule has 35 heavy (non-hydrogen) atoms. The SMILES string of the molecule is CC1(C)OC[C@@H](Cn2ccc(C(C)(C(N)=O)n3ncc(Oc4cccc5[nH]ccc45)cc3=O)n2)O1. The highest BCUT2D eigenvalue weighted by Gasteiger charge is 2.40. The molecule has 0 bridgehead atoms. The molecule has 0 radical (unpaired) electrons. The first-order chi connectivity index (χ1) is 16.7. The second-order valence-electron chi connectivity index (χ2n) is 9.05. The van der Waals surface area contributed by atoms with E-state index in [2.05, 4.69) is 15.2 Å². The summed E-state index contributed by atoms with van der Waals surface area (Å²) < 4.78 is 20.0. The molecule has 0 saturated carbocycles. The van der Waals surface area contributed by atoms with E-state index in [0.717, 1.165) is 15.6 Å². The molecule has 11 heteroatoms. The maximum Gasteiger partial charge on any atom is 0.271 e. The Hall–Kier alpha value is -3.96. The van der Waals surface area contributed by atoms with Gasteiger partial charge in [-0.25, -0.2) is 4.68 Å². The first kappa shape index (κ1) is 22.8. The minimum absolute atomic E-state index is 0.195. The fraction of sp³-hybridized carbons (Fsp3) is 0.333. The molecule has 0 spiro atoms. The lowest BCUT2D eigenvalue weighted by Crippen LogP contribution is -2.50. The molecule has 4 heterocycles. The largest absolute Gasteiger partial charge is 0.455 e. The highest BCUT2D eigenvalue weighted by Crippen LogP contribution is 2.29. The predicted octanol–water partition coefficient (Wildman–Crippen LogP) is 2.11. The molecule has 5 rings (SSSR count). The van der Waals surface area contributed by atoms with Crippen molar-refractivity contribution in [1.82, 2.24) is 24.5 Å². The zero-order chi connectivity index (χ0) is 24.8. The van der Waals surface area contributed by atoms with E-state index >= 15 is 0 Å². The van der Waals surface area contributed by atoms with Gasteiger partial charge in [0.1, 0.15) is 11.9 Å². The van der Waals surface area contributed by atoms with Gasteiger partial charge in [-0.1, -0.05) is 6.07 Å². The van der Waals surface area contributed by atoms with E-state index in [1.807, 2.05) is 32.0 Å². The van der Waals surface area contributed by atoms with Crippen molar-refractivity contribution in [2.75, 3.05) is 6.61 Å². The van der Waals surface area contributed by atoms with Crippen molar-refractivity contribution in [2.45, 2.75) is 44.7 Å². The van der Waals surface area contributed by atoms with Crippen molar-refractivity contribution in [3.05, 3.63) is 71.0 Å². The van der Waals surface area contributed by atoms with Crippen LogP contribution in [0.2, 0.25) is 0 Å². The maximum absolute atomic E-state index is 13.1. The average molecular weight is 479 g/mol. The van der Waals surface area contributed by atoms with Crippen molar-refractivity contribution >= 4 is 16.8 Å². The lowest BCUT2D eigenvalue weighted by Gasteiger charge is -2.25.